The van der Waals surface area contributed by atoms with E-state index in [1.165, 1.54) is 71.1 Å². The molecule has 2 N–H and O–H groups in total. The third kappa shape index (κ3) is 2.28. The van der Waals surface area contributed by atoms with Crippen molar-refractivity contribution in [2.45, 2.75) is 44.9 Å². The van der Waals surface area contributed by atoms with Gasteiger partial charge in [-0.1, -0.05) is 19.3 Å². The van der Waals surface area contributed by atoms with E-state index in [1.807, 2.05) is 0 Å². The number of rotatable bonds is 5. The zero-order valence-electron chi connectivity index (χ0n) is 10.4. The Bertz CT molecular complexity index is 229. The van der Waals surface area contributed by atoms with Crippen LogP contribution in [0.3, 0.4) is 0 Å². The molecule has 0 aromatic heterocycles. The van der Waals surface area contributed by atoms with Gasteiger partial charge in [0.2, 0.25) is 0 Å². The van der Waals surface area contributed by atoms with Crippen LogP contribution in [-0.2, 0) is 0 Å². The van der Waals surface area contributed by atoms with Gasteiger partial charge >= 0.3 is 0 Å². The van der Waals surface area contributed by atoms with Crippen LogP contribution in [0.15, 0.2) is 0 Å². The first-order valence-electron chi connectivity index (χ1n) is 7.30. The van der Waals surface area contributed by atoms with Gasteiger partial charge in [0.05, 0.1) is 0 Å². The fraction of sp³-hybridized carbons (Fsp3) is 1.00. The summed E-state index contributed by atoms with van der Waals surface area (Å²) >= 11 is 0. The fourth-order valence-electron chi connectivity index (χ4n) is 3.62. The Morgan fingerprint density at radius 1 is 1.19 bits per heavy atom. The molecular weight excluding hydrogens is 196 g/mol. The van der Waals surface area contributed by atoms with Gasteiger partial charge < -0.3 is 10.6 Å². The summed E-state index contributed by atoms with van der Waals surface area (Å²) in [5.74, 6) is 2.08. The molecule has 0 bridgehead atoms. The molecule has 3 aliphatic rings. The van der Waals surface area contributed by atoms with Crippen molar-refractivity contribution in [1.82, 2.24) is 10.6 Å². The highest BCUT2D eigenvalue weighted by Crippen LogP contribution is 2.58. The summed E-state index contributed by atoms with van der Waals surface area (Å²) in [6.07, 6.45) is 10.3. The van der Waals surface area contributed by atoms with Gasteiger partial charge in [-0.15, -0.1) is 0 Å². The summed E-state index contributed by atoms with van der Waals surface area (Å²) in [5, 5.41) is 7.18. The third-order valence-corrected chi connectivity index (χ3v) is 5.30. The third-order valence-electron chi connectivity index (χ3n) is 5.30. The van der Waals surface area contributed by atoms with Crippen LogP contribution in [0.25, 0.3) is 0 Å². The Morgan fingerprint density at radius 3 is 2.69 bits per heavy atom. The standard InChI is InChI=1S/C14H26N2/c1-2-12(3-1)4-7-16-11-13-10-14(13)5-8-15-9-6-14/h12-13,15-16H,1-11H2. The molecule has 16 heavy (non-hydrogen) atoms. The molecule has 1 saturated heterocycles. The van der Waals surface area contributed by atoms with E-state index in [0.29, 0.717) is 0 Å². The molecular formula is C14H26N2. The number of hydrogen-bond donors (Lipinski definition) is 2. The average molecular weight is 222 g/mol. The van der Waals surface area contributed by atoms with Crippen molar-refractivity contribution in [3.8, 4) is 0 Å². The van der Waals surface area contributed by atoms with Crippen molar-refractivity contribution < 1.29 is 0 Å². The maximum absolute atomic E-state index is 3.70. The average Bonchev–Trinajstić information content (AvgIpc) is 2.89. The molecule has 0 amide bonds. The van der Waals surface area contributed by atoms with E-state index >= 15 is 0 Å². The lowest BCUT2D eigenvalue weighted by Gasteiger charge is -2.26. The van der Waals surface area contributed by atoms with E-state index < -0.39 is 0 Å². The number of nitrogens with one attached hydrogen (secondary N) is 2. The smallest absolute Gasteiger partial charge is 0.00150 e. The van der Waals surface area contributed by atoms with Crippen molar-refractivity contribution >= 4 is 0 Å². The van der Waals surface area contributed by atoms with E-state index in [4.69, 9.17) is 0 Å². The SMILES string of the molecule is C1CC(CCNCC2CC23CCNCC3)C1. The van der Waals surface area contributed by atoms with Gasteiger partial charge in [0.25, 0.3) is 0 Å². The summed E-state index contributed by atoms with van der Waals surface area (Å²) in [5.41, 5.74) is 0.773. The predicted octanol–water partition coefficient (Wildman–Crippen LogP) is 2.16. The maximum Gasteiger partial charge on any atom is -0.00150 e. The first-order chi connectivity index (χ1) is 7.89. The first kappa shape index (κ1) is 11.0. The molecule has 2 nitrogen and oxygen atoms in total. The Balaban J connectivity index is 1.28. The quantitative estimate of drug-likeness (QED) is 0.697. The minimum absolute atomic E-state index is 0.773. The minimum Gasteiger partial charge on any atom is -0.317 e. The molecule has 1 spiro atoms. The zero-order valence-corrected chi connectivity index (χ0v) is 10.4. The number of hydrogen-bond acceptors (Lipinski definition) is 2. The van der Waals surface area contributed by atoms with Crippen LogP contribution in [0, 0.1) is 17.3 Å². The highest BCUT2D eigenvalue weighted by Gasteiger charge is 2.52. The van der Waals surface area contributed by atoms with Gasteiger partial charge in [-0.05, 0) is 69.1 Å². The predicted molar refractivity (Wildman–Crippen MR) is 67.5 cm³/mol. The normalized spacial score (nSPS) is 32.6. The van der Waals surface area contributed by atoms with Gasteiger partial charge in [0, 0.05) is 0 Å². The molecule has 1 atom stereocenters. The molecule has 3 rings (SSSR count). The highest BCUT2D eigenvalue weighted by molar-refractivity contribution is 5.04. The molecule has 1 heterocycles. The van der Waals surface area contributed by atoms with E-state index in [9.17, 15) is 0 Å². The lowest BCUT2D eigenvalue weighted by Crippen LogP contribution is -2.31. The second kappa shape index (κ2) is 4.66. The van der Waals surface area contributed by atoms with E-state index in [-0.39, 0.29) is 0 Å². The molecule has 92 valence electrons. The summed E-state index contributed by atoms with van der Waals surface area (Å²) in [6.45, 7) is 5.10. The van der Waals surface area contributed by atoms with Crippen molar-refractivity contribution in [1.29, 1.82) is 0 Å². The van der Waals surface area contributed by atoms with Crippen LogP contribution >= 0.6 is 0 Å². The highest BCUT2D eigenvalue weighted by atomic mass is 14.9. The van der Waals surface area contributed by atoms with Crippen LogP contribution in [0.5, 0.6) is 0 Å². The Labute approximate surface area is 99.6 Å². The molecule has 0 aromatic rings. The molecule has 2 saturated carbocycles. The Kier molecular flexibility index (Phi) is 3.21. The van der Waals surface area contributed by atoms with Gasteiger partial charge in [-0.25, -0.2) is 0 Å². The minimum atomic E-state index is 0.773. The molecule has 0 radical (unpaired) electrons. The number of piperidine rings is 1. The summed E-state index contributed by atoms with van der Waals surface area (Å²) < 4.78 is 0. The van der Waals surface area contributed by atoms with Gasteiger partial charge in [-0.2, -0.15) is 0 Å². The van der Waals surface area contributed by atoms with Crippen LogP contribution < -0.4 is 10.6 Å². The second-order valence-corrected chi connectivity index (χ2v) is 6.30. The van der Waals surface area contributed by atoms with E-state index in [1.54, 1.807) is 0 Å². The Hall–Kier alpha value is -0.0800. The largest absolute Gasteiger partial charge is 0.317 e. The fourth-order valence-corrected chi connectivity index (χ4v) is 3.62. The molecule has 2 heteroatoms. The second-order valence-electron chi connectivity index (χ2n) is 6.30. The summed E-state index contributed by atoms with van der Waals surface area (Å²) in [6, 6.07) is 0. The summed E-state index contributed by atoms with van der Waals surface area (Å²) in [7, 11) is 0. The molecule has 1 aliphatic heterocycles. The van der Waals surface area contributed by atoms with Crippen LogP contribution in [0.4, 0.5) is 0 Å². The maximum atomic E-state index is 3.70. The summed E-state index contributed by atoms with van der Waals surface area (Å²) in [4.78, 5) is 0. The van der Waals surface area contributed by atoms with Crippen molar-refractivity contribution in [2.24, 2.45) is 17.3 Å². The molecule has 0 aromatic carbocycles. The molecule has 3 fully saturated rings. The molecule has 1 unspecified atom stereocenters. The van der Waals surface area contributed by atoms with Crippen LogP contribution in [-0.4, -0.2) is 26.2 Å². The lowest BCUT2D eigenvalue weighted by molar-refractivity contribution is 0.286. The lowest BCUT2D eigenvalue weighted by atomic mass is 9.83. The van der Waals surface area contributed by atoms with Gasteiger partial charge in [0.1, 0.15) is 0 Å². The van der Waals surface area contributed by atoms with E-state index in [0.717, 1.165) is 17.3 Å². The van der Waals surface area contributed by atoms with Crippen molar-refractivity contribution in [3.05, 3.63) is 0 Å². The monoisotopic (exact) mass is 222 g/mol. The van der Waals surface area contributed by atoms with Gasteiger partial charge in [0.15, 0.2) is 0 Å². The van der Waals surface area contributed by atoms with Gasteiger partial charge in [-0.3, -0.25) is 0 Å². The van der Waals surface area contributed by atoms with Crippen LogP contribution in [0.2, 0.25) is 0 Å². The topological polar surface area (TPSA) is 24.1 Å². The van der Waals surface area contributed by atoms with E-state index in [2.05, 4.69) is 10.6 Å². The Morgan fingerprint density at radius 2 is 2.00 bits per heavy atom. The van der Waals surface area contributed by atoms with Crippen molar-refractivity contribution in [3.63, 3.8) is 0 Å². The first-order valence-corrected chi connectivity index (χ1v) is 7.30. The van der Waals surface area contributed by atoms with Crippen molar-refractivity contribution in [2.75, 3.05) is 26.2 Å². The zero-order chi connectivity index (χ0) is 10.8. The molecule has 2 aliphatic carbocycles. The van der Waals surface area contributed by atoms with Crippen LogP contribution in [0.1, 0.15) is 44.9 Å².